The lowest BCUT2D eigenvalue weighted by Crippen LogP contribution is -1.76. The Balaban J connectivity index is 3.07. The first kappa shape index (κ1) is 8.74. The van der Waals surface area contributed by atoms with Gasteiger partial charge in [-0.25, -0.2) is 0 Å². The van der Waals surface area contributed by atoms with E-state index in [0.717, 1.165) is 0 Å². The van der Waals surface area contributed by atoms with E-state index in [1.807, 2.05) is 0 Å². The summed E-state index contributed by atoms with van der Waals surface area (Å²) in [5, 5.41) is 0. The highest BCUT2D eigenvalue weighted by Gasteiger charge is 1.86. The summed E-state index contributed by atoms with van der Waals surface area (Å²) in [6, 6.07) is 0. The van der Waals surface area contributed by atoms with E-state index in [9.17, 15) is 0 Å². The molecule has 54 valence electrons. The van der Waals surface area contributed by atoms with Gasteiger partial charge < -0.3 is 0 Å². The smallest absolute Gasteiger partial charge is 0.0323 e. The Hall–Kier alpha value is -0.260. The van der Waals surface area contributed by atoms with Gasteiger partial charge in [-0.2, -0.15) is 0 Å². The molecule has 0 atom stereocenters. The molecule has 0 rings (SSSR count). The molecule has 9 heavy (non-hydrogen) atoms. The first-order valence-corrected chi connectivity index (χ1v) is 3.93. The minimum Gasteiger partial charge on any atom is -0.0887 e. The summed E-state index contributed by atoms with van der Waals surface area (Å²) in [6.45, 7) is 6.56. The highest BCUT2D eigenvalue weighted by atomic mass is 13.9. The molecule has 0 aromatic heterocycles. The van der Waals surface area contributed by atoms with Gasteiger partial charge in [-0.15, -0.1) is 0 Å². The molecule has 0 heteroatoms. The van der Waals surface area contributed by atoms with Crippen LogP contribution in [0.5, 0.6) is 0 Å². The Morgan fingerprint density at radius 3 is 2.44 bits per heavy atom. The maximum absolute atomic E-state index is 2.24. The zero-order chi connectivity index (χ0) is 7.11. The van der Waals surface area contributed by atoms with Crippen LogP contribution in [0.3, 0.4) is 0 Å². The Kier molecular flexibility index (Phi) is 5.70. The normalized spacial score (nSPS) is 12.1. The predicted molar refractivity (Wildman–Crippen MR) is 43.6 cm³/mol. The lowest BCUT2D eigenvalue weighted by atomic mass is 10.1. The number of hydrogen-bond acceptors (Lipinski definition) is 0. The number of hydrogen-bond donors (Lipinski definition) is 0. The Morgan fingerprint density at radius 1 is 1.33 bits per heavy atom. The van der Waals surface area contributed by atoms with E-state index in [1.165, 1.54) is 31.3 Å². The van der Waals surface area contributed by atoms with Gasteiger partial charge in [0.25, 0.3) is 0 Å². The third-order valence-corrected chi connectivity index (χ3v) is 1.67. The number of allylic oxidation sites excluding steroid dienone is 2. The SMILES string of the molecule is C/C=C(/C)CCCCC. The maximum atomic E-state index is 2.24. The van der Waals surface area contributed by atoms with Crippen LogP contribution in [0.1, 0.15) is 46.5 Å². The summed E-state index contributed by atoms with van der Waals surface area (Å²) in [5.74, 6) is 0. The predicted octanol–water partition coefficient (Wildman–Crippen LogP) is 3.53. The molecule has 0 aliphatic carbocycles. The summed E-state index contributed by atoms with van der Waals surface area (Å²) in [4.78, 5) is 0. The summed E-state index contributed by atoms with van der Waals surface area (Å²) in [6.07, 6.45) is 7.58. The fourth-order valence-corrected chi connectivity index (χ4v) is 0.798. The molecule has 0 aliphatic rings. The topological polar surface area (TPSA) is 0 Å². The van der Waals surface area contributed by atoms with Crippen molar-refractivity contribution in [2.75, 3.05) is 0 Å². The summed E-state index contributed by atoms with van der Waals surface area (Å²) in [5.41, 5.74) is 1.53. The molecule has 0 saturated heterocycles. The van der Waals surface area contributed by atoms with Gasteiger partial charge in [-0.3, -0.25) is 0 Å². The molecule has 0 radical (unpaired) electrons. The minimum absolute atomic E-state index is 1.30. The highest BCUT2D eigenvalue weighted by Crippen LogP contribution is 2.06. The van der Waals surface area contributed by atoms with Crippen molar-refractivity contribution in [1.29, 1.82) is 0 Å². The van der Waals surface area contributed by atoms with Crippen molar-refractivity contribution in [3.63, 3.8) is 0 Å². The quantitative estimate of drug-likeness (QED) is 0.399. The van der Waals surface area contributed by atoms with E-state index in [1.54, 1.807) is 0 Å². The number of rotatable bonds is 4. The van der Waals surface area contributed by atoms with Crippen LogP contribution in [-0.2, 0) is 0 Å². The second-order valence-corrected chi connectivity index (χ2v) is 2.59. The molecule has 0 bridgehead atoms. The van der Waals surface area contributed by atoms with Crippen molar-refractivity contribution < 1.29 is 0 Å². The molecule has 0 heterocycles. The van der Waals surface area contributed by atoms with Gasteiger partial charge in [0.05, 0.1) is 0 Å². The van der Waals surface area contributed by atoms with Crippen molar-refractivity contribution >= 4 is 0 Å². The summed E-state index contributed by atoms with van der Waals surface area (Å²) < 4.78 is 0. The molecule has 0 nitrogen and oxygen atoms in total. The molecule has 0 spiro atoms. The van der Waals surface area contributed by atoms with Crippen LogP contribution in [0.25, 0.3) is 0 Å². The van der Waals surface area contributed by atoms with Gasteiger partial charge in [0.2, 0.25) is 0 Å². The van der Waals surface area contributed by atoms with E-state index in [0.29, 0.717) is 0 Å². The standard InChI is InChI=1S/C9H18/c1-4-6-7-8-9(3)5-2/h5H,4,6-8H2,1-3H3/b9-5-. The van der Waals surface area contributed by atoms with Crippen molar-refractivity contribution in [3.8, 4) is 0 Å². The lowest BCUT2D eigenvalue weighted by Gasteiger charge is -1.96. The third kappa shape index (κ3) is 5.61. The van der Waals surface area contributed by atoms with Crippen LogP contribution in [0, 0.1) is 0 Å². The van der Waals surface area contributed by atoms with Crippen LogP contribution in [-0.4, -0.2) is 0 Å². The zero-order valence-electron chi connectivity index (χ0n) is 6.91. The second-order valence-electron chi connectivity index (χ2n) is 2.59. The highest BCUT2D eigenvalue weighted by molar-refractivity contribution is 4.94. The van der Waals surface area contributed by atoms with Crippen LogP contribution in [0.2, 0.25) is 0 Å². The minimum atomic E-state index is 1.30. The first-order valence-electron chi connectivity index (χ1n) is 3.93. The van der Waals surface area contributed by atoms with Gasteiger partial charge in [-0.05, 0) is 26.7 Å². The van der Waals surface area contributed by atoms with Crippen LogP contribution in [0.15, 0.2) is 11.6 Å². The molecule has 0 amide bonds. The van der Waals surface area contributed by atoms with Gasteiger partial charge in [0, 0.05) is 0 Å². The Bertz CT molecular complexity index is 80.0. The van der Waals surface area contributed by atoms with Gasteiger partial charge in [0.15, 0.2) is 0 Å². The molecule has 0 aromatic carbocycles. The average Bonchev–Trinajstić information content (AvgIpc) is 1.89. The van der Waals surface area contributed by atoms with Crippen molar-refractivity contribution in [3.05, 3.63) is 11.6 Å². The second kappa shape index (κ2) is 5.87. The van der Waals surface area contributed by atoms with E-state index >= 15 is 0 Å². The van der Waals surface area contributed by atoms with Crippen molar-refractivity contribution in [2.24, 2.45) is 0 Å². The molecular weight excluding hydrogens is 108 g/mol. The lowest BCUT2D eigenvalue weighted by molar-refractivity contribution is 0.713. The third-order valence-electron chi connectivity index (χ3n) is 1.67. The largest absolute Gasteiger partial charge is 0.0887 e. The average molecular weight is 126 g/mol. The fourth-order valence-electron chi connectivity index (χ4n) is 0.798. The molecule has 0 saturated carbocycles. The Morgan fingerprint density at radius 2 is 2.00 bits per heavy atom. The first-order chi connectivity index (χ1) is 4.31. The van der Waals surface area contributed by atoms with E-state index in [4.69, 9.17) is 0 Å². The fraction of sp³-hybridized carbons (Fsp3) is 0.778. The van der Waals surface area contributed by atoms with Gasteiger partial charge >= 0.3 is 0 Å². The van der Waals surface area contributed by atoms with Crippen molar-refractivity contribution in [1.82, 2.24) is 0 Å². The van der Waals surface area contributed by atoms with E-state index < -0.39 is 0 Å². The molecule has 0 aromatic rings. The zero-order valence-corrected chi connectivity index (χ0v) is 6.91. The Labute approximate surface area is 59.0 Å². The maximum Gasteiger partial charge on any atom is -0.0323 e. The molecule has 0 fully saturated rings. The van der Waals surface area contributed by atoms with E-state index in [-0.39, 0.29) is 0 Å². The van der Waals surface area contributed by atoms with Gasteiger partial charge in [-0.1, -0.05) is 31.4 Å². The summed E-state index contributed by atoms with van der Waals surface area (Å²) >= 11 is 0. The van der Waals surface area contributed by atoms with Crippen LogP contribution >= 0.6 is 0 Å². The molecule has 0 N–H and O–H groups in total. The number of unbranched alkanes of at least 4 members (excludes halogenated alkanes) is 2. The molecule has 0 unspecified atom stereocenters. The van der Waals surface area contributed by atoms with Crippen LogP contribution in [0.4, 0.5) is 0 Å². The summed E-state index contributed by atoms with van der Waals surface area (Å²) in [7, 11) is 0. The van der Waals surface area contributed by atoms with Crippen LogP contribution < -0.4 is 0 Å². The van der Waals surface area contributed by atoms with Gasteiger partial charge in [0.1, 0.15) is 0 Å². The monoisotopic (exact) mass is 126 g/mol. The molecule has 0 aliphatic heterocycles. The van der Waals surface area contributed by atoms with E-state index in [2.05, 4.69) is 26.8 Å². The van der Waals surface area contributed by atoms with Crippen molar-refractivity contribution in [2.45, 2.75) is 46.5 Å². The molecular formula is C9H18.